The fourth-order valence-electron chi connectivity index (χ4n) is 2.86. The lowest BCUT2D eigenvalue weighted by Crippen LogP contribution is -2.36. The Labute approximate surface area is 87.8 Å². The molecule has 2 N–H and O–H groups in total. The van der Waals surface area contributed by atoms with Crippen LogP contribution in [0, 0.1) is 5.92 Å². The van der Waals surface area contributed by atoms with Crippen molar-refractivity contribution in [3.8, 4) is 0 Å². The zero-order chi connectivity index (χ0) is 9.97. The second-order valence-electron chi connectivity index (χ2n) is 5.15. The molecule has 0 aromatic heterocycles. The summed E-state index contributed by atoms with van der Waals surface area (Å²) < 4.78 is 0. The maximum atomic E-state index is 5.60. The van der Waals surface area contributed by atoms with E-state index in [2.05, 4.69) is 11.9 Å². The number of rotatable bonds is 4. The van der Waals surface area contributed by atoms with E-state index < -0.39 is 0 Å². The predicted molar refractivity (Wildman–Crippen MR) is 60.2 cm³/mol. The number of hydrogen-bond donors (Lipinski definition) is 1. The van der Waals surface area contributed by atoms with E-state index in [1.807, 2.05) is 0 Å². The molecule has 0 unspecified atom stereocenters. The fraction of sp³-hybridized carbons (Fsp3) is 1.00. The van der Waals surface area contributed by atoms with Crippen LogP contribution in [0.25, 0.3) is 0 Å². The maximum absolute atomic E-state index is 5.60. The van der Waals surface area contributed by atoms with Crippen molar-refractivity contribution in [2.24, 2.45) is 11.7 Å². The Morgan fingerprint density at radius 1 is 1.00 bits per heavy atom. The van der Waals surface area contributed by atoms with Crippen molar-refractivity contribution >= 4 is 0 Å². The van der Waals surface area contributed by atoms with Crippen LogP contribution in [0.4, 0.5) is 0 Å². The van der Waals surface area contributed by atoms with Gasteiger partial charge in [0.25, 0.3) is 0 Å². The molecular formula is C12H24N2. The zero-order valence-corrected chi connectivity index (χ0v) is 9.41. The van der Waals surface area contributed by atoms with Gasteiger partial charge in [0.15, 0.2) is 0 Å². The van der Waals surface area contributed by atoms with Gasteiger partial charge in [-0.25, -0.2) is 0 Å². The highest BCUT2D eigenvalue weighted by Crippen LogP contribution is 2.34. The van der Waals surface area contributed by atoms with Crippen LogP contribution >= 0.6 is 0 Å². The largest absolute Gasteiger partial charge is 0.330 e. The molecule has 0 atom stereocenters. The Morgan fingerprint density at radius 2 is 1.50 bits per heavy atom. The summed E-state index contributed by atoms with van der Waals surface area (Å²) in [6.45, 7) is 0.883. The van der Waals surface area contributed by atoms with Gasteiger partial charge in [-0.2, -0.15) is 0 Å². The van der Waals surface area contributed by atoms with Gasteiger partial charge >= 0.3 is 0 Å². The van der Waals surface area contributed by atoms with Gasteiger partial charge in [-0.3, -0.25) is 0 Å². The van der Waals surface area contributed by atoms with Crippen molar-refractivity contribution in [2.75, 3.05) is 13.6 Å². The minimum absolute atomic E-state index is 0.883. The molecule has 2 saturated carbocycles. The van der Waals surface area contributed by atoms with Gasteiger partial charge in [0.2, 0.25) is 0 Å². The highest BCUT2D eigenvalue weighted by atomic mass is 15.2. The lowest BCUT2D eigenvalue weighted by molar-refractivity contribution is 0.156. The topological polar surface area (TPSA) is 29.3 Å². The molecule has 0 heterocycles. The first-order valence-electron chi connectivity index (χ1n) is 6.23. The molecule has 0 radical (unpaired) electrons. The van der Waals surface area contributed by atoms with E-state index in [0.717, 1.165) is 24.5 Å². The Kier molecular flexibility index (Phi) is 3.45. The third-order valence-electron chi connectivity index (χ3n) is 4.09. The normalized spacial score (nSPS) is 33.6. The predicted octanol–water partition coefficient (Wildman–Crippen LogP) is 1.99. The highest BCUT2D eigenvalue weighted by Gasteiger charge is 2.32. The first kappa shape index (κ1) is 10.4. The lowest BCUT2D eigenvalue weighted by Gasteiger charge is -2.34. The second kappa shape index (κ2) is 4.63. The number of hydrogen-bond acceptors (Lipinski definition) is 2. The summed E-state index contributed by atoms with van der Waals surface area (Å²) in [7, 11) is 2.32. The van der Waals surface area contributed by atoms with E-state index >= 15 is 0 Å². The summed E-state index contributed by atoms with van der Waals surface area (Å²) in [5, 5.41) is 0. The molecule has 0 aliphatic heterocycles. The smallest absolute Gasteiger partial charge is 0.00963 e. The van der Waals surface area contributed by atoms with Gasteiger partial charge in [0.05, 0.1) is 0 Å². The van der Waals surface area contributed by atoms with E-state index in [4.69, 9.17) is 5.73 Å². The number of nitrogens with two attached hydrogens (primary N) is 1. The van der Waals surface area contributed by atoms with Crippen molar-refractivity contribution in [3.63, 3.8) is 0 Å². The van der Waals surface area contributed by atoms with Crippen LogP contribution in [0.15, 0.2) is 0 Å². The van der Waals surface area contributed by atoms with Crippen LogP contribution < -0.4 is 5.73 Å². The van der Waals surface area contributed by atoms with Crippen LogP contribution in [0.5, 0.6) is 0 Å². The van der Waals surface area contributed by atoms with Crippen molar-refractivity contribution in [1.82, 2.24) is 4.90 Å². The molecule has 0 aromatic carbocycles. The molecule has 82 valence electrons. The van der Waals surface area contributed by atoms with Gasteiger partial charge in [-0.1, -0.05) is 0 Å². The molecule has 2 fully saturated rings. The molecule has 2 aliphatic carbocycles. The van der Waals surface area contributed by atoms with Crippen LogP contribution in [0.2, 0.25) is 0 Å². The van der Waals surface area contributed by atoms with Gasteiger partial charge in [-0.15, -0.1) is 0 Å². The molecule has 0 amide bonds. The average molecular weight is 196 g/mol. The van der Waals surface area contributed by atoms with Crippen LogP contribution in [0.1, 0.15) is 44.9 Å². The first-order valence-corrected chi connectivity index (χ1v) is 6.23. The van der Waals surface area contributed by atoms with Crippen molar-refractivity contribution in [3.05, 3.63) is 0 Å². The monoisotopic (exact) mass is 196 g/mol. The van der Waals surface area contributed by atoms with Crippen LogP contribution in [-0.4, -0.2) is 30.6 Å². The lowest BCUT2D eigenvalue weighted by atomic mass is 9.83. The molecule has 2 heteroatoms. The Bertz CT molecular complexity index is 169. The Balaban J connectivity index is 1.71. The van der Waals surface area contributed by atoms with Crippen molar-refractivity contribution in [2.45, 2.75) is 57.0 Å². The maximum Gasteiger partial charge on any atom is 0.00963 e. The summed E-state index contributed by atoms with van der Waals surface area (Å²) in [5.41, 5.74) is 5.60. The Hall–Kier alpha value is -0.0800. The van der Waals surface area contributed by atoms with Gasteiger partial charge in [0.1, 0.15) is 0 Å². The van der Waals surface area contributed by atoms with E-state index in [1.165, 1.54) is 44.9 Å². The van der Waals surface area contributed by atoms with Crippen LogP contribution in [0.3, 0.4) is 0 Å². The Morgan fingerprint density at radius 3 is 1.93 bits per heavy atom. The summed E-state index contributed by atoms with van der Waals surface area (Å²) in [6.07, 6.45) is 9.80. The minimum Gasteiger partial charge on any atom is -0.330 e. The molecule has 2 rings (SSSR count). The van der Waals surface area contributed by atoms with E-state index in [1.54, 1.807) is 0 Å². The SMILES string of the molecule is CN(C1CCC(CCN)CC1)C1CC1. The fourth-order valence-corrected chi connectivity index (χ4v) is 2.86. The minimum atomic E-state index is 0.883. The summed E-state index contributed by atoms with van der Waals surface area (Å²) >= 11 is 0. The molecule has 14 heavy (non-hydrogen) atoms. The molecule has 0 aromatic rings. The van der Waals surface area contributed by atoms with E-state index in [0.29, 0.717) is 0 Å². The quantitative estimate of drug-likeness (QED) is 0.745. The molecule has 2 nitrogen and oxygen atoms in total. The van der Waals surface area contributed by atoms with E-state index in [-0.39, 0.29) is 0 Å². The molecule has 0 saturated heterocycles. The molecule has 0 spiro atoms. The number of nitrogens with zero attached hydrogens (tertiary/aromatic N) is 1. The van der Waals surface area contributed by atoms with E-state index in [9.17, 15) is 0 Å². The average Bonchev–Trinajstić information content (AvgIpc) is 3.02. The summed E-state index contributed by atoms with van der Waals surface area (Å²) in [6, 6.07) is 1.82. The van der Waals surface area contributed by atoms with Gasteiger partial charge in [-0.05, 0) is 64.5 Å². The zero-order valence-electron chi connectivity index (χ0n) is 9.41. The highest BCUT2D eigenvalue weighted by molar-refractivity contribution is 4.88. The van der Waals surface area contributed by atoms with Gasteiger partial charge < -0.3 is 10.6 Å². The summed E-state index contributed by atoms with van der Waals surface area (Å²) in [5.74, 6) is 0.934. The third kappa shape index (κ3) is 2.48. The van der Waals surface area contributed by atoms with Gasteiger partial charge in [0, 0.05) is 12.1 Å². The van der Waals surface area contributed by atoms with Crippen molar-refractivity contribution < 1.29 is 0 Å². The molecular weight excluding hydrogens is 172 g/mol. The molecule has 0 bridgehead atoms. The third-order valence-corrected chi connectivity index (χ3v) is 4.09. The van der Waals surface area contributed by atoms with Crippen molar-refractivity contribution in [1.29, 1.82) is 0 Å². The standard InChI is InChI=1S/C12H24N2/c1-14(12-6-7-12)11-4-2-10(3-5-11)8-9-13/h10-12H,2-9,13H2,1H3. The molecule has 2 aliphatic rings. The second-order valence-corrected chi connectivity index (χ2v) is 5.15. The summed E-state index contributed by atoms with van der Waals surface area (Å²) in [4.78, 5) is 2.64. The first-order chi connectivity index (χ1) is 6.81. The van der Waals surface area contributed by atoms with Crippen LogP contribution in [-0.2, 0) is 0 Å².